The van der Waals surface area contributed by atoms with E-state index in [0.29, 0.717) is 18.3 Å². The van der Waals surface area contributed by atoms with Crippen LogP contribution in [0.15, 0.2) is 30.3 Å². The van der Waals surface area contributed by atoms with Crippen molar-refractivity contribution < 1.29 is 4.79 Å². The smallest absolute Gasteiger partial charge is 0.222 e. The molecule has 1 aliphatic carbocycles. The Labute approximate surface area is 130 Å². The number of hydrogen-bond acceptors (Lipinski definition) is 3. The standard InChI is InChI=1S/C17H22N4O/c18-16(22)11-14-15(10-12-6-2-1-3-7-12)20-21(17(14)19)13-8-4-5-9-13/h1-3,6-7,13H,4-5,8-11,19H2,(H2,18,22). The Hall–Kier alpha value is -2.30. The summed E-state index contributed by atoms with van der Waals surface area (Å²) < 4.78 is 1.92. The van der Waals surface area contributed by atoms with Gasteiger partial charge in [0.15, 0.2) is 0 Å². The molecule has 2 aromatic rings. The van der Waals surface area contributed by atoms with Gasteiger partial charge in [-0.25, -0.2) is 4.68 Å². The van der Waals surface area contributed by atoms with Gasteiger partial charge >= 0.3 is 0 Å². The van der Waals surface area contributed by atoms with E-state index in [1.807, 2.05) is 22.9 Å². The number of carbonyl (C=O) groups is 1. The van der Waals surface area contributed by atoms with Crippen LogP contribution < -0.4 is 11.5 Å². The Morgan fingerprint density at radius 1 is 1.23 bits per heavy atom. The molecular formula is C17H22N4O. The Bertz CT molecular complexity index is 657. The molecule has 0 aliphatic heterocycles. The van der Waals surface area contributed by atoms with Crippen molar-refractivity contribution in [3.8, 4) is 0 Å². The molecule has 5 nitrogen and oxygen atoms in total. The number of benzene rings is 1. The maximum Gasteiger partial charge on any atom is 0.222 e. The highest BCUT2D eigenvalue weighted by atomic mass is 16.1. The summed E-state index contributed by atoms with van der Waals surface area (Å²) in [6.07, 6.45) is 5.46. The average Bonchev–Trinajstić information content (AvgIpc) is 3.11. The molecule has 116 valence electrons. The molecule has 3 rings (SSSR count). The summed E-state index contributed by atoms with van der Waals surface area (Å²) in [5.74, 6) is 0.239. The Morgan fingerprint density at radius 3 is 2.55 bits per heavy atom. The third-order valence-corrected chi connectivity index (χ3v) is 4.37. The van der Waals surface area contributed by atoms with Gasteiger partial charge in [0.2, 0.25) is 5.91 Å². The highest BCUT2D eigenvalue weighted by Crippen LogP contribution is 2.33. The van der Waals surface area contributed by atoms with Crippen LogP contribution in [0.25, 0.3) is 0 Å². The minimum Gasteiger partial charge on any atom is -0.384 e. The number of carbonyl (C=O) groups excluding carboxylic acids is 1. The number of nitrogen functional groups attached to an aromatic ring is 1. The Kier molecular flexibility index (Phi) is 4.13. The van der Waals surface area contributed by atoms with Crippen LogP contribution in [0.1, 0.15) is 48.5 Å². The quantitative estimate of drug-likeness (QED) is 0.887. The maximum atomic E-state index is 11.4. The van der Waals surface area contributed by atoms with Crippen LogP contribution in [-0.2, 0) is 17.6 Å². The number of anilines is 1. The second-order valence-corrected chi connectivity index (χ2v) is 6.00. The van der Waals surface area contributed by atoms with Gasteiger partial charge in [0.1, 0.15) is 5.82 Å². The van der Waals surface area contributed by atoms with E-state index in [1.165, 1.54) is 12.8 Å². The number of hydrogen-bond donors (Lipinski definition) is 2. The summed E-state index contributed by atoms with van der Waals surface area (Å²) in [4.78, 5) is 11.4. The molecule has 0 bridgehead atoms. The summed E-state index contributed by atoms with van der Waals surface area (Å²) >= 11 is 0. The highest BCUT2D eigenvalue weighted by molar-refractivity contribution is 5.78. The first-order valence-corrected chi connectivity index (χ1v) is 7.83. The lowest BCUT2D eigenvalue weighted by atomic mass is 10.0. The van der Waals surface area contributed by atoms with Crippen molar-refractivity contribution in [2.45, 2.75) is 44.6 Å². The fraction of sp³-hybridized carbons (Fsp3) is 0.412. The zero-order valence-electron chi connectivity index (χ0n) is 12.7. The van der Waals surface area contributed by atoms with Crippen LogP contribution >= 0.6 is 0 Å². The van der Waals surface area contributed by atoms with Crippen molar-refractivity contribution >= 4 is 11.7 Å². The van der Waals surface area contributed by atoms with E-state index in [0.717, 1.165) is 29.7 Å². The lowest BCUT2D eigenvalue weighted by Crippen LogP contribution is -2.16. The van der Waals surface area contributed by atoms with E-state index in [4.69, 9.17) is 16.6 Å². The van der Waals surface area contributed by atoms with E-state index in [-0.39, 0.29) is 12.3 Å². The van der Waals surface area contributed by atoms with Crippen molar-refractivity contribution in [3.05, 3.63) is 47.2 Å². The molecule has 0 unspecified atom stereocenters. The summed E-state index contributed by atoms with van der Waals surface area (Å²) in [5.41, 5.74) is 14.5. The molecule has 1 heterocycles. The second-order valence-electron chi connectivity index (χ2n) is 6.00. The molecular weight excluding hydrogens is 276 g/mol. The SMILES string of the molecule is NC(=O)Cc1c(Cc2ccccc2)nn(C2CCCC2)c1N. The molecule has 0 radical (unpaired) electrons. The first kappa shape index (κ1) is 14.6. The molecule has 1 amide bonds. The number of amides is 1. The average molecular weight is 298 g/mol. The van der Waals surface area contributed by atoms with Crippen molar-refractivity contribution in [1.29, 1.82) is 0 Å². The van der Waals surface area contributed by atoms with E-state index in [2.05, 4.69) is 12.1 Å². The Morgan fingerprint density at radius 2 is 1.91 bits per heavy atom. The molecule has 1 aliphatic rings. The number of primary amides is 1. The third kappa shape index (κ3) is 2.98. The minimum absolute atomic E-state index is 0.153. The molecule has 0 atom stereocenters. The first-order valence-electron chi connectivity index (χ1n) is 7.83. The lowest BCUT2D eigenvalue weighted by Gasteiger charge is -2.11. The summed E-state index contributed by atoms with van der Waals surface area (Å²) in [6.45, 7) is 0. The normalized spacial score (nSPS) is 15.3. The number of rotatable bonds is 5. The fourth-order valence-electron chi connectivity index (χ4n) is 3.26. The van der Waals surface area contributed by atoms with Crippen LogP contribution in [0.5, 0.6) is 0 Å². The van der Waals surface area contributed by atoms with E-state index >= 15 is 0 Å². The molecule has 5 heteroatoms. The van der Waals surface area contributed by atoms with E-state index in [1.54, 1.807) is 0 Å². The Balaban J connectivity index is 1.95. The summed E-state index contributed by atoms with van der Waals surface area (Å²) in [5, 5.41) is 4.72. The molecule has 1 saturated carbocycles. The highest BCUT2D eigenvalue weighted by Gasteiger charge is 2.24. The lowest BCUT2D eigenvalue weighted by molar-refractivity contribution is -0.117. The van der Waals surface area contributed by atoms with Crippen molar-refractivity contribution in [1.82, 2.24) is 9.78 Å². The molecule has 0 saturated heterocycles. The van der Waals surface area contributed by atoms with Crippen LogP contribution in [0.3, 0.4) is 0 Å². The van der Waals surface area contributed by atoms with Crippen molar-refractivity contribution in [3.63, 3.8) is 0 Å². The maximum absolute atomic E-state index is 11.4. The van der Waals surface area contributed by atoms with Crippen molar-refractivity contribution in [2.24, 2.45) is 5.73 Å². The van der Waals surface area contributed by atoms with Crippen LogP contribution in [-0.4, -0.2) is 15.7 Å². The molecule has 1 aromatic heterocycles. The predicted molar refractivity (Wildman–Crippen MR) is 86.3 cm³/mol. The van der Waals surface area contributed by atoms with Gasteiger partial charge in [0.05, 0.1) is 18.2 Å². The first-order chi connectivity index (χ1) is 10.6. The number of aromatic nitrogens is 2. The van der Waals surface area contributed by atoms with Gasteiger partial charge in [-0.1, -0.05) is 43.2 Å². The topological polar surface area (TPSA) is 86.9 Å². The molecule has 1 aromatic carbocycles. The van der Waals surface area contributed by atoms with Gasteiger partial charge in [-0.05, 0) is 18.4 Å². The molecule has 4 N–H and O–H groups in total. The van der Waals surface area contributed by atoms with Gasteiger partial charge in [-0.3, -0.25) is 4.79 Å². The van der Waals surface area contributed by atoms with Crippen LogP contribution in [0.2, 0.25) is 0 Å². The largest absolute Gasteiger partial charge is 0.384 e. The monoisotopic (exact) mass is 298 g/mol. The summed E-state index contributed by atoms with van der Waals surface area (Å²) in [7, 11) is 0. The summed E-state index contributed by atoms with van der Waals surface area (Å²) in [6, 6.07) is 10.5. The second kappa shape index (κ2) is 6.22. The fourth-order valence-corrected chi connectivity index (χ4v) is 3.26. The number of nitrogens with two attached hydrogens (primary N) is 2. The van der Waals surface area contributed by atoms with Crippen LogP contribution in [0.4, 0.5) is 5.82 Å². The van der Waals surface area contributed by atoms with Gasteiger partial charge in [0, 0.05) is 12.0 Å². The van der Waals surface area contributed by atoms with Crippen LogP contribution in [0, 0.1) is 0 Å². The zero-order chi connectivity index (χ0) is 15.5. The zero-order valence-corrected chi connectivity index (χ0v) is 12.7. The predicted octanol–water partition coefficient (Wildman–Crippen LogP) is 2.20. The molecule has 1 fully saturated rings. The molecule has 22 heavy (non-hydrogen) atoms. The van der Waals surface area contributed by atoms with E-state index in [9.17, 15) is 4.79 Å². The van der Waals surface area contributed by atoms with Gasteiger partial charge in [-0.15, -0.1) is 0 Å². The third-order valence-electron chi connectivity index (χ3n) is 4.37. The van der Waals surface area contributed by atoms with Gasteiger partial charge in [-0.2, -0.15) is 5.10 Å². The van der Waals surface area contributed by atoms with Gasteiger partial charge < -0.3 is 11.5 Å². The number of nitrogens with zero attached hydrogens (tertiary/aromatic N) is 2. The van der Waals surface area contributed by atoms with Gasteiger partial charge in [0.25, 0.3) is 0 Å². The van der Waals surface area contributed by atoms with Crippen molar-refractivity contribution in [2.75, 3.05) is 5.73 Å². The van der Waals surface area contributed by atoms with E-state index < -0.39 is 0 Å². The molecule has 0 spiro atoms. The minimum atomic E-state index is -0.369.